The number of aromatic amines is 1. The fourth-order valence-electron chi connectivity index (χ4n) is 4.60. The number of hydrogen-bond donors (Lipinski definition) is 3. The number of halogens is 1. The van der Waals surface area contributed by atoms with E-state index in [0.29, 0.717) is 10.7 Å². The number of H-pyrrole nitrogens is 1. The molecular weight excluding hydrogens is 490 g/mol. The van der Waals surface area contributed by atoms with Crippen molar-refractivity contribution in [2.75, 3.05) is 13.6 Å². The second kappa shape index (κ2) is 8.96. The van der Waals surface area contributed by atoms with E-state index in [1.54, 1.807) is 0 Å². The van der Waals surface area contributed by atoms with E-state index >= 15 is 0 Å². The van der Waals surface area contributed by atoms with Crippen molar-refractivity contribution < 1.29 is 9.59 Å². The molecule has 1 aliphatic heterocycles. The Morgan fingerprint density at radius 2 is 1.91 bits per heavy atom. The van der Waals surface area contributed by atoms with Crippen LogP contribution in [0.4, 0.5) is 0 Å². The predicted octanol–water partition coefficient (Wildman–Crippen LogP) is 3.85. The van der Waals surface area contributed by atoms with Gasteiger partial charge in [-0.25, -0.2) is 4.98 Å². The highest BCUT2D eigenvalue weighted by molar-refractivity contribution is 9.10. The Morgan fingerprint density at radius 1 is 1.16 bits per heavy atom. The summed E-state index contributed by atoms with van der Waals surface area (Å²) in [6, 6.07) is 7.55. The van der Waals surface area contributed by atoms with E-state index in [2.05, 4.69) is 48.5 Å². The first-order valence-electron chi connectivity index (χ1n) is 11.0. The van der Waals surface area contributed by atoms with Gasteiger partial charge in [-0.1, -0.05) is 28.8 Å². The lowest BCUT2D eigenvalue weighted by atomic mass is 9.90. The summed E-state index contributed by atoms with van der Waals surface area (Å²) in [5, 5.41) is 7.83. The number of fused-ring (bicyclic) bond motifs is 2. The van der Waals surface area contributed by atoms with E-state index in [0.717, 1.165) is 66.3 Å². The van der Waals surface area contributed by atoms with E-state index in [4.69, 9.17) is 0 Å². The number of benzene rings is 1. The molecule has 1 fully saturated rings. The van der Waals surface area contributed by atoms with E-state index in [-0.39, 0.29) is 23.9 Å². The van der Waals surface area contributed by atoms with Crippen LogP contribution in [0.15, 0.2) is 28.7 Å². The van der Waals surface area contributed by atoms with Gasteiger partial charge in [0.1, 0.15) is 5.69 Å². The zero-order valence-corrected chi connectivity index (χ0v) is 20.3. The number of rotatable bonds is 4. The van der Waals surface area contributed by atoms with Crippen LogP contribution in [0.5, 0.6) is 0 Å². The van der Waals surface area contributed by atoms with Gasteiger partial charge in [-0.3, -0.25) is 9.59 Å². The van der Waals surface area contributed by atoms with Gasteiger partial charge in [0, 0.05) is 51.8 Å². The van der Waals surface area contributed by atoms with Crippen LogP contribution in [0.25, 0.3) is 10.9 Å². The molecule has 0 bridgehead atoms. The molecule has 32 heavy (non-hydrogen) atoms. The molecule has 168 valence electrons. The van der Waals surface area contributed by atoms with Gasteiger partial charge in [-0.15, -0.1) is 11.3 Å². The average Bonchev–Trinajstić information content (AvgIpc) is 3.38. The highest BCUT2D eigenvalue weighted by Crippen LogP contribution is 2.26. The van der Waals surface area contributed by atoms with Crippen molar-refractivity contribution in [1.82, 2.24) is 25.5 Å². The third-order valence-electron chi connectivity index (χ3n) is 6.34. The van der Waals surface area contributed by atoms with Crippen LogP contribution in [0.3, 0.4) is 0 Å². The SMILES string of the molecule is CN1CCc2nc(C(=O)NC3CCCCC3NC(=O)c3cc4cc(Br)ccc4[nH]3)sc2C1. The topological polar surface area (TPSA) is 90.1 Å². The molecule has 0 radical (unpaired) electrons. The predicted molar refractivity (Wildman–Crippen MR) is 129 cm³/mol. The molecule has 2 aliphatic rings. The summed E-state index contributed by atoms with van der Waals surface area (Å²) in [6.07, 6.45) is 4.66. The quantitative estimate of drug-likeness (QED) is 0.492. The molecule has 3 N–H and O–H groups in total. The first kappa shape index (κ1) is 21.6. The van der Waals surface area contributed by atoms with E-state index in [9.17, 15) is 9.59 Å². The Labute approximate surface area is 199 Å². The molecular formula is C23H26BrN5O2S. The number of nitrogens with zero attached hydrogens (tertiary/aromatic N) is 2. The van der Waals surface area contributed by atoms with Gasteiger partial charge in [0.05, 0.1) is 5.69 Å². The molecule has 1 aromatic carbocycles. The summed E-state index contributed by atoms with van der Waals surface area (Å²) < 4.78 is 0.974. The molecule has 1 aliphatic carbocycles. The van der Waals surface area contributed by atoms with Crippen LogP contribution in [0, 0.1) is 0 Å². The van der Waals surface area contributed by atoms with E-state index in [1.807, 2.05) is 24.3 Å². The van der Waals surface area contributed by atoms with Crippen molar-refractivity contribution in [2.45, 2.75) is 50.7 Å². The van der Waals surface area contributed by atoms with Crippen molar-refractivity contribution in [3.8, 4) is 0 Å². The van der Waals surface area contributed by atoms with E-state index < -0.39 is 0 Å². The minimum absolute atomic E-state index is 0.0951. The summed E-state index contributed by atoms with van der Waals surface area (Å²) in [6.45, 7) is 1.82. The maximum absolute atomic E-state index is 13.0. The van der Waals surface area contributed by atoms with Crippen LogP contribution in [-0.2, 0) is 13.0 Å². The number of amides is 2. The molecule has 7 nitrogen and oxygen atoms in total. The molecule has 2 amide bonds. The Morgan fingerprint density at radius 3 is 2.69 bits per heavy atom. The molecule has 2 aromatic heterocycles. The highest BCUT2D eigenvalue weighted by Gasteiger charge is 2.30. The van der Waals surface area contributed by atoms with Crippen LogP contribution >= 0.6 is 27.3 Å². The van der Waals surface area contributed by atoms with Crippen molar-refractivity contribution in [3.05, 3.63) is 50.0 Å². The summed E-state index contributed by atoms with van der Waals surface area (Å²) in [5.74, 6) is -0.273. The average molecular weight is 516 g/mol. The number of thiazole rings is 1. The molecule has 0 saturated heterocycles. The number of nitrogens with one attached hydrogen (secondary N) is 3. The van der Waals surface area contributed by atoms with Gasteiger partial charge in [-0.2, -0.15) is 0 Å². The van der Waals surface area contributed by atoms with Gasteiger partial charge >= 0.3 is 0 Å². The number of hydrogen-bond acceptors (Lipinski definition) is 5. The standard InChI is InChI=1S/C23H26BrN5O2S/c1-29-9-8-18-20(12-29)32-23(28-18)22(31)27-17-5-3-2-4-16(17)26-21(30)19-11-13-10-14(24)6-7-15(13)25-19/h6-7,10-11,16-17,25H,2-5,8-9,12H2,1H3,(H,26,30)(H,27,31). The van der Waals surface area contributed by atoms with Crippen LogP contribution < -0.4 is 10.6 Å². The molecule has 3 heterocycles. The van der Waals surface area contributed by atoms with Crippen molar-refractivity contribution in [3.63, 3.8) is 0 Å². The van der Waals surface area contributed by atoms with Crippen LogP contribution in [-0.4, -0.2) is 52.4 Å². The van der Waals surface area contributed by atoms with Crippen molar-refractivity contribution in [2.24, 2.45) is 0 Å². The second-order valence-electron chi connectivity index (χ2n) is 8.74. The van der Waals surface area contributed by atoms with Gasteiger partial charge < -0.3 is 20.5 Å². The molecule has 0 spiro atoms. The Balaban J connectivity index is 1.27. The van der Waals surface area contributed by atoms with E-state index in [1.165, 1.54) is 16.2 Å². The number of likely N-dealkylation sites (N-methyl/N-ethyl adjacent to an activating group) is 1. The Kier molecular flexibility index (Phi) is 6.05. The fraction of sp³-hybridized carbons (Fsp3) is 0.435. The van der Waals surface area contributed by atoms with Gasteiger partial charge in [0.2, 0.25) is 0 Å². The van der Waals surface area contributed by atoms with Crippen LogP contribution in [0.1, 0.15) is 56.5 Å². The lowest BCUT2D eigenvalue weighted by Gasteiger charge is -2.32. The summed E-state index contributed by atoms with van der Waals surface area (Å²) in [5.41, 5.74) is 2.51. The maximum Gasteiger partial charge on any atom is 0.280 e. The molecule has 3 aromatic rings. The minimum atomic E-state index is -0.142. The van der Waals surface area contributed by atoms with Gasteiger partial charge in [0.15, 0.2) is 5.01 Å². The molecule has 2 unspecified atom stereocenters. The number of carbonyl (C=O) groups is 2. The zero-order valence-electron chi connectivity index (χ0n) is 17.9. The highest BCUT2D eigenvalue weighted by atomic mass is 79.9. The summed E-state index contributed by atoms with van der Waals surface area (Å²) in [4.78, 5) is 37.1. The van der Waals surface area contributed by atoms with Crippen molar-refractivity contribution in [1.29, 1.82) is 0 Å². The Hall–Kier alpha value is -2.23. The lowest BCUT2D eigenvalue weighted by molar-refractivity contribution is 0.0860. The molecule has 2 atom stereocenters. The first-order valence-corrected chi connectivity index (χ1v) is 12.6. The lowest BCUT2D eigenvalue weighted by Crippen LogP contribution is -2.53. The monoisotopic (exact) mass is 515 g/mol. The van der Waals surface area contributed by atoms with Crippen LogP contribution in [0.2, 0.25) is 0 Å². The second-order valence-corrected chi connectivity index (χ2v) is 10.7. The summed E-state index contributed by atoms with van der Waals surface area (Å²) in [7, 11) is 2.09. The Bertz CT molecular complexity index is 1170. The van der Waals surface area contributed by atoms with Gasteiger partial charge in [-0.05, 0) is 44.2 Å². The number of aromatic nitrogens is 2. The zero-order chi connectivity index (χ0) is 22.2. The molecule has 1 saturated carbocycles. The third kappa shape index (κ3) is 4.46. The number of carbonyl (C=O) groups excluding carboxylic acids is 2. The first-order chi connectivity index (χ1) is 15.5. The maximum atomic E-state index is 13.0. The largest absolute Gasteiger partial charge is 0.351 e. The van der Waals surface area contributed by atoms with Gasteiger partial charge in [0.25, 0.3) is 11.8 Å². The fourth-order valence-corrected chi connectivity index (χ4v) is 6.07. The summed E-state index contributed by atoms with van der Waals surface area (Å²) >= 11 is 4.96. The smallest absolute Gasteiger partial charge is 0.280 e. The molecule has 5 rings (SSSR count). The van der Waals surface area contributed by atoms with Crippen molar-refractivity contribution >= 4 is 50.0 Å². The third-order valence-corrected chi connectivity index (χ3v) is 7.92. The normalized spacial score (nSPS) is 21.3. The molecule has 9 heteroatoms. The minimum Gasteiger partial charge on any atom is -0.351 e.